The summed E-state index contributed by atoms with van der Waals surface area (Å²) in [7, 11) is -1.46. The Hall–Kier alpha value is -0.515. The minimum Gasteiger partial charge on any atom is -0.494 e. The average Bonchev–Trinajstić information content (AvgIpc) is 2.03. The van der Waals surface area contributed by atoms with Crippen molar-refractivity contribution in [3.63, 3.8) is 0 Å². The maximum absolute atomic E-state index is 8.92. The third-order valence-corrected chi connectivity index (χ3v) is 1.96. The van der Waals surface area contributed by atoms with Crippen LogP contribution in [0.2, 0.25) is 0 Å². The second-order valence-corrected chi connectivity index (χ2v) is 3.44. The van der Waals surface area contributed by atoms with E-state index in [-0.39, 0.29) is 0 Å². The standard InChI is InChI=1S/C8H10BBrO3/c1-2-13-8-4-6(9(11)12)3-7(10)5-8/h3-5,11-12H,2H2,1H3. The van der Waals surface area contributed by atoms with Crippen molar-refractivity contribution in [1.29, 1.82) is 0 Å². The maximum Gasteiger partial charge on any atom is 0.488 e. The molecule has 0 aliphatic heterocycles. The fourth-order valence-electron chi connectivity index (χ4n) is 0.983. The molecular formula is C8H10BBrO3. The lowest BCUT2D eigenvalue weighted by Gasteiger charge is -2.06. The Morgan fingerprint density at radius 2 is 2.08 bits per heavy atom. The summed E-state index contributed by atoms with van der Waals surface area (Å²) in [6, 6.07) is 5.00. The van der Waals surface area contributed by atoms with Crippen LogP contribution in [-0.4, -0.2) is 23.8 Å². The highest BCUT2D eigenvalue weighted by Crippen LogP contribution is 2.16. The Balaban J connectivity index is 2.96. The van der Waals surface area contributed by atoms with Crippen molar-refractivity contribution in [2.75, 3.05) is 6.61 Å². The molecule has 0 atom stereocenters. The molecule has 0 aliphatic rings. The average molecular weight is 245 g/mol. The summed E-state index contributed by atoms with van der Waals surface area (Å²) in [6.07, 6.45) is 0. The number of rotatable bonds is 3. The molecule has 1 aromatic carbocycles. The Bertz CT molecular complexity index is 291. The molecule has 2 N–H and O–H groups in total. The van der Waals surface area contributed by atoms with Crippen molar-refractivity contribution in [1.82, 2.24) is 0 Å². The Kier molecular flexibility index (Phi) is 3.78. The molecule has 3 nitrogen and oxygen atoms in total. The van der Waals surface area contributed by atoms with Gasteiger partial charge in [-0.2, -0.15) is 0 Å². The highest BCUT2D eigenvalue weighted by atomic mass is 79.9. The van der Waals surface area contributed by atoms with Crippen molar-refractivity contribution < 1.29 is 14.8 Å². The summed E-state index contributed by atoms with van der Waals surface area (Å²) in [6.45, 7) is 2.42. The smallest absolute Gasteiger partial charge is 0.488 e. The van der Waals surface area contributed by atoms with Gasteiger partial charge in [0, 0.05) is 4.47 Å². The van der Waals surface area contributed by atoms with Gasteiger partial charge in [-0.05, 0) is 30.6 Å². The largest absolute Gasteiger partial charge is 0.494 e. The first kappa shape index (κ1) is 10.6. The third-order valence-electron chi connectivity index (χ3n) is 1.50. The van der Waals surface area contributed by atoms with Crippen LogP contribution in [0.5, 0.6) is 5.75 Å². The van der Waals surface area contributed by atoms with Crippen LogP contribution in [0.4, 0.5) is 0 Å². The maximum atomic E-state index is 8.92. The predicted octanol–water partition coefficient (Wildman–Crippen LogP) is 0.528. The lowest BCUT2D eigenvalue weighted by atomic mass is 9.80. The number of ether oxygens (including phenoxy) is 1. The molecule has 0 fully saturated rings. The molecule has 5 heteroatoms. The van der Waals surface area contributed by atoms with E-state index in [0.29, 0.717) is 17.8 Å². The quantitative estimate of drug-likeness (QED) is 0.763. The SMILES string of the molecule is CCOc1cc(Br)cc(B(O)O)c1. The van der Waals surface area contributed by atoms with Gasteiger partial charge in [0.05, 0.1) is 6.61 Å². The molecule has 0 spiro atoms. The summed E-state index contributed by atoms with van der Waals surface area (Å²) in [5, 5.41) is 17.8. The minimum atomic E-state index is -1.46. The van der Waals surface area contributed by atoms with Crippen molar-refractivity contribution in [3.05, 3.63) is 22.7 Å². The third kappa shape index (κ3) is 3.02. The zero-order valence-corrected chi connectivity index (χ0v) is 8.78. The Labute approximate surface area is 85.6 Å². The molecule has 13 heavy (non-hydrogen) atoms. The van der Waals surface area contributed by atoms with Gasteiger partial charge in [0.2, 0.25) is 0 Å². The number of benzene rings is 1. The van der Waals surface area contributed by atoms with Gasteiger partial charge in [-0.1, -0.05) is 15.9 Å². The van der Waals surface area contributed by atoms with E-state index >= 15 is 0 Å². The molecule has 0 amide bonds. The fraction of sp³-hybridized carbons (Fsp3) is 0.250. The van der Waals surface area contributed by atoms with E-state index in [1.807, 2.05) is 6.92 Å². The van der Waals surface area contributed by atoms with E-state index in [9.17, 15) is 0 Å². The van der Waals surface area contributed by atoms with E-state index in [1.165, 1.54) is 0 Å². The molecule has 0 radical (unpaired) electrons. The summed E-state index contributed by atoms with van der Waals surface area (Å²) in [5.74, 6) is 0.625. The molecular weight excluding hydrogens is 235 g/mol. The molecule has 0 saturated carbocycles. The van der Waals surface area contributed by atoms with Crippen molar-refractivity contribution in [2.45, 2.75) is 6.92 Å². The van der Waals surface area contributed by atoms with Gasteiger partial charge < -0.3 is 14.8 Å². The van der Waals surface area contributed by atoms with Gasteiger partial charge in [-0.3, -0.25) is 0 Å². The molecule has 0 aliphatic carbocycles. The first-order chi connectivity index (χ1) is 6.13. The zero-order valence-electron chi connectivity index (χ0n) is 7.20. The number of halogens is 1. The summed E-state index contributed by atoms with van der Waals surface area (Å²) >= 11 is 3.25. The normalized spacial score (nSPS) is 9.85. The topological polar surface area (TPSA) is 49.7 Å². The molecule has 0 heterocycles. The van der Waals surface area contributed by atoms with Crippen LogP contribution in [0, 0.1) is 0 Å². The monoisotopic (exact) mass is 244 g/mol. The highest BCUT2D eigenvalue weighted by molar-refractivity contribution is 9.10. The van der Waals surface area contributed by atoms with Gasteiger partial charge in [-0.15, -0.1) is 0 Å². The van der Waals surface area contributed by atoms with Crippen LogP contribution in [-0.2, 0) is 0 Å². The van der Waals surface area contributed by atoms with Crippen LogP contribution >= 0.6 is 15.9 Å². The second-order valence-electron chi connectivity index (χ2n) is 2.53. The van der Waals surface area contributed by atoms with Crippen molar-refractivity contribution >= 4 is 28.5 Å². The van der Waals surface area contributed by atoms with E-state index in [2.05, 4.69) is 15.9 Å². The fourth-order valence-corrected chi connectivity index (χ4v) is 1.47. The summed E-state index contributed by atoms with van der Waals surface area (Å²) < 4.78 is 5.99. The van der Waals surface area contributed by atoms with Crippen LogP contribution in [0.15, 0.2) is 22.7 Å². The van der Waals surface area contributed by atoms with Gasteiger partial charge in [0.15, 0.2) is 0 Å². The lowest BCUT2D eigenvalue weighted by molar-refractivity contribution is 0.340. The number of hydrogen-bond acceptors (Lipinski definition) is 3. The molecule has 70 valence electrons. The molecule has 1 rings (SSSR count). The Morgan fingerprint density at radius 3 is 2.62 bits per heavy atom. The highest BCUT2D eigenvalue weighted by Gasteiger charge is 2.12. The van der Waals surface area contributed by atoms with Crippen LogP contribution in [0.1, 0.15) is 6.92 Å². The van der Waals surface area contributed by atoms with E-state index in [4.69, 9.17) is 14.8 Å². The van der Waals surface area contributed by atoms with Gasteiger partial charge in [-0.25, -0.2) is 0 Å². The van der Waals surface area contributed by atoms with E-state index < -0.39 is 7.12 Å². The van der Waals surface area contributed by atoms with Gasteiger partial charge in [0.1, 0.15) is 5.75 Å². The van der Waals surface area contributed by atoms with Crippen LogP contribution < -0.4 is 10.2 Å². The summed E-state index contributed by atoms with van der Waals surface area (Å²) in [4.78, 5) is 0. The zero-order chi connectivity index (χ0) is 9.84. The van der Waals surface area contributed by atoms with Gasteiger partial charge >= 0.3 is 7.12 Å². The Morgan fingerprint density at radius 1 is 1.38 bits per heavy atom. The first-order valence-corrected chi connectivity index (χ1v) is 4.72. The molecule has 0 unspecified atom stereocenters. The number of hydrogen-bond donors (Lipinski definition) is 2. The molecule has 1 aromatic rings. The molecule has 0 aromatic heterocycles. The first-order valence-electron chi connectivity index (χ1n) is 3.93. The summed E-state index contributed by atoms with van der Waals surface area (Å²) in [5.41, 5.74) is 0.415. The van der Waals surface area contributed by atoms with E-state index in [0.717, 1.165) is 4.47 Å². The predicted molar refractivity (Wildman–Crippen MR) is 55.1 cm³/mol. The lowest BCUT2D eigenvalue weighted by Crippen LogP contribution is -2.29. The van der Waals surface area contributed by atoms with Crippen LogP contribution in [0.3, 0.4) is 0 Å². The molecule has 0 saturated heterocycles. The second kappa shape index (κ2) is 4.65. The van der Waals surface area contributed by atoms with Gasteiger partial charge in [0.25, 0.3) is 0 Å². The van der Waals surface area contributed by atoms with Crippen molar-refractivity contribution in [3.8, 4) is 5.75 Å². The van der Waals surface area contributed by atoms with Crippen molar-refractivity contribution in [2.24, 2.45) is 0 Å². The van der Waals surface area contributed by atoms with E-state index in [1.54, 1.807) is 18.2 Å². The molecule has 0 bridgehead atoms. The minimum absolute atomic E-state index is 0.415. The van der Waals surface area contributed by atoms with Crippen LogP contribution in [0.25, 0.3) is 0 Å².